The molecule has 1 atom stereocenters. The summed E-state index contributed by atoms with van der Waals surface area (Å²) in [6, 6.07) is 10.5. The molecule has 24 heavy (non-hydrogen) atoms. The van der Waals surface area contributed by atoms with E-state index < -0.39 is 5.41 Å². The summed E-state index contributed by atoms with van der Waals surface area (Å²) >= 11 is 1.79. The molecule has 1 amide bonds. The Hall–Kier alpha value is -1.65. The first kappa shape index (κ1) is 18.7. The van der Waals surface area contributed by atoms with Crippen LogP contribution in [0.4, 0.5) is 5.69 Å². The molecule has 130 valence electrons. The summed E-state index contributed by atoms with van der Waals surface area (Å²) in [4.78, 5) is 13.7. The van der Waals surface area contributed by atoms with Crippen LogP contribution < -0.4 is 10.6 Å². The minimum atomic E-state index is -0.404. The van der Waals surface area contributed by atoms with Gasteiger partial charge in [0.1, 0.15) is 0 Å². The van der Waals surface area contributed by atoms with E-state index in [-0.39, 0.29) is 11.9 Å². The second-order valence-electron chi connectivity index (χ2n) is 7.14. The molecule has 0 bridgehead atoms. The standard InChI is InChI=1S/C20H28N2OS/c1-6-21-17(18-14(2)11-12-24-18)13-15-9-7-8-10-16(15)22-19(23)20(3,4)5/h7-12,17,21H,6,13H2,1-5H3,(H,22,23). The van der Waals surface area contributed by atoms with Crippen molar-refractivity contribution in [2.45, 2.75) is 47.1 Å². The Kier molecular flexibility index (Phi) is 6.19. The molecule has 1 heterocycles. The van der Waals surface area contributed by atoms with Crippen LogP contribution in [-0.4, -0.2) is 12.5 Å². The van der Waals surface area contributed by atoms with E-state index in [2.05, 4.69) is 42.0 Å². The Balaban J connectivity index is 2.25. The molecule has 0 aliphatic heterocycles. The van der Waals surface area contributed by atoms with Gasteiger partial charge < -0.3 is 10.6 Å². The zero-order valence-electron chi connectivity index (χ0n) is 15.3. The Bertz CT molecular complexity index is 685. The van der Waals surface area contributed by atoms with Crippen LogP contribution in [0.2, 0.25) is 0 Å². The maximum atomic E-state index is 12.4. The number of amides is 1. The Morgan fingerprint density at radius 3 is 2.50 bits per heavy atom. The van der Waals surface area contributed by atoms with Gasteiger partial charge in [-0.15, -0.1) is 11.3 Å². The van der Waals surface area contributed by atoms with E-state index in [1.54, 1.807) is 11.3 Å². The van der Waals surface area contributed by atoms with Gasteiger partial charge in [0.2, 0.25) is 5.91 Å². The first-order valence-corrected chi connectivity index (χ1v) is 9.37. The van der Waals surface area contributed by atoms with Gasteiger partial charge in [-0.2, -0.15) is 0 Å². The predicted molar refractivity (Wildman–Crippen MR) is 104 cm³/mol. The molecule has 2 aromatic rings. The number of carbonyl (C=O) groups excluding carboxylic acids is 1. The fraction of sp³-hybridized carbons (Fsp3) is 0.450. The Morgan fingerprint density at radius 2 is 1.92 bits per heavy atom. The average Bonchev–Trinajstić information content (AvgIpc) is 2.93. The number of para-hydroxylation sites is 1. The lowest BCUT2D eigenvalue weighted by molar-refractivity contribution is -0.123. The molecule has 1 unspecified atom stereocenters. The van der Waals surface area contributed by atoms with Gasteiger partial charge >= 0.3 is 0 Å². The summed E-state index contributed by atoms with van der Waals surface area (Å²) in [7, 11) is 0. The normalized spacial score (nSPS) is 12.9. The van der Waals surface area contributed by atoms with E-state index >= 15 is 0 Å². The molecule has 3 nitrogen and oxygen atoms in total. The summed E-state index contributed by atoms with van der Waals surface area (Å²) < 4.78 is 0. The van der Waals surface area contributed by atoms with E-state index in [1.165, 1.54) is 10.4 Å². The van der Waals surface area contributed by atoms with Crippen molar-refractivity contribution in [1.82, 2.24) is 5.32 Å². The van der Waals surface area contributed by atoms with Gasteiger partial charge in [0.05, 0.1) is 0 Å². The lowest BCUT2D eigenvalue weighted by Crippen LogP contribution is -2.28. The molecular formula is C20H28N2OS. The fourth-order valence-electron chi connectivity index (χ4n) is 2.60. The molecule has 0 radical (unpaired) electrons. The number of likely N-dealkylation sites (N-methyl/N-ethyl adjacent to an activating group) is 1. The molecule has 0 fully saturated rings. The van der Waals surface area contributed by atoms with Crippen molar-refractivity contribution in [1.29, 1.82) is 0 Å². The smallest absolute Gasteiger partial charge is 0.229 e. The molecule has 2 rings (SSSR count). The average molecular weight is 345 g/mol. The van der Waals surface area contributed by atoms with Crippen molar-refractivity contribution < 1.29 is 4.79 Å². The van der Waals surface area contributed by atoms with Crippen LogP contribution in [0.25, 0.3) is 0 Å². The van der Waals surface area contributed by atoms with Crippen molar-refractivity contribution >= 4 is 22.9 Å². The minimum Gasteiger partial charge on any atom is -0.325 e. The topological polar surface area (TPSA) is 41.1 Å². The van der Waals surface area contributed by atoms with Gasteiger partial charge in [0.25, 0.3) is 0 Å². The molecule has 0 aliphatic carbocycles. The number of thiophene rings is 1. The number of carbonyl (C=O) groups is 1. The fourth-order valence-corrected chi connectivity index (χ4v) is 3.60. The summed E-state index contributed by atoms with van der Waals surface area (Å²) in [5, 5.41) is 8.82. The molecule has 0 saturated carbocycles. The molecule has 4 heteroatoms. The maximum absolute atomic E-state index is 12.4. The van der Waals surface area contributed by atoms with E-state index in [4.69, 9.17) is 0 Å². The number of hydrogen-bond acceptors (Lipinski definition) is 3. The van der Waals surface area contributed by atoms with Crippen LogP contribution in [0.15, 0.2) is 35.7 Å². The van der Waals surface area contributed by atoms with Gasteiger partial charge in [0.15, 0.2) is 0 Å². The van der Waals surface area contributed by atoms with Crippen molar-refractivity contribution in [2.75, 3.05) is 11.9 Å². The molecule has 0 aliphatic rings. The van der Waals surface area contributed by atoms with Crippen molar-refractivity contribution in [2.24, 2.45) is 5.41 Å². The van der Waals surface area contributed by atoms with Crippen LogP contribution >= 0.6 is 11.3 Å². The number of anilines is 1. The summed E-state index contributed by atoms with van der Waals surface area (Å²) in [5.74, 6) is 0.0438. The van der Waals surface area contributed by atoms with Crippen LogP contribution in [0.3, 0.4) is 0 Å². The largest absolute Gasteiger partial charge is 0.325 e. The molecule has 2 N–H and O–H groups in total. The third kappa shape index (κ3) is 4.68. The number of benzene rings is 1. The van der Waals surface area contributed by atoms with Crippen LogP contribution in [0.5, 0.6) is 0 Å². The zero-order chi connectivity index (χ0) is 17.7. The lowest BCUT2D eigenvalue weighted by Gasteiger charge is -2.22. The highest BCUT2D eigenvalue weighted by Gasteiger charge is 2.23. The van der Waals surface area contributed by atoms with Crippen molar-refractivity contribution in [3.05, 3.63) is 51.7 Å². The summed E-state index contributed by atoms with van der Waals surface area (Å²) in [6.07, 6.45) is 0.857. The monoisotopic (exact) mass is 344 g/mol. The number of aryl methyl sites for hydroxylation is 1. The van der Waals surface area contributed by atoms with Gasteiger partial charge in [0, 0.05) is 22.0 Å². The Morgan fingerprint density at radius 1 is 1.21 bits per heavy atom. The lowest BCUT2D eigenvalue weighted by atomic mass is 9.95. The SMILES string of the molecule is CCNC(Cc1ccccc1NC(=O)C(C)(C)C)c1sccc1C. The molecule has 0 saturated heterocycles. The van der Waals surface area contributed by atoms with Crippen LogP contribution in [-0.2, 0) is 11.2 Å². The third-order valence-corrected chi connectivity index (χ3v) is 5.17. The quantitative estimate of drug-likeness (QED) is 0.780. The number of nitrogens with one attached hydrogen (secondary N) is 2. The second kappa shape index (κ2) is 7.95. The van der Waals surface area contributed by atoms with Crippen LogP contribution in [0.1, 0.15) is 49.7 Å². The molecule has 0 spiro atoms. The first-order chi connectivity index (χ1) is 11.3. The zero-order valence-corrected chi connectivity index (χ0v) is 16.1. The number of hydrogen-bond donors (Lipinski definition) is 2. The van der Waals surface area contributed by atoms with Crippen LogP contribution in [0, 0.1) is 12.3 Å². The Labute approximate surface area is 149 Å². The molecule has 1 aromatic carbocycles. The van der Waals surface area contributed by atoms with Gasteiger partial charge in [-0.05, 0) is 48.5 Å². The second-order valence-corrected chi connectivity index (χ2v) is 8.09. The van der Waals surface area contributed by atoms with E-state index in [0.29, 0.717) is 0 Å². The molecular weight excluding hydrogens is 316 g/mol. The third-order valence-electron chi connectivity index (χ3n) is 4.04. The first-order valence-electron chi connectivity index (χ1n) is 8.49. The van der Waals surface area contributed by atoms with Gasteiger partial charge in [-0.1, -0.05) is 45.9 Å². The highest BCUT2D eigenvalue weighted by Crippen LogP contribution is 2.29. The molecule has 1 aromatic heterocycles. The van der Waals surface area contributed by atoms with Crippen molar-refractivity contribution in [3.8, 4) is 0 Å². The van der Waals surface area contributed by atoms with Crippen molar-refractivity contribution in [3.63, 3.8) is 0 Å². The van der Waals surface area contributed by atoms with E-state index in [9.17, 15) is 4.79 Å². The maximum Gasteiger partial charge on any atom is 0.229 e. The van der Waals surface area contributed by atoms with E-state index in [1.807, 2.05) is 39.0 Å². The number of rotatable bonds is 6. The summed E-state index contributed by atoms with van der Waals surface area (Å²) in [6.45, 7) is 11.0. The predicted octanol–water partition coefficient (Wildman–Crippen LogP) is 4.93. The highest BCUT2D eigenvalue weighted by molar-refractivity contribution is 7.10. The van der Waals surface area contributed by atoms with Gasteiger partial charge in [-0.3, -0.25) is 4.79 Å². The summed E-state index contributed by atoms with van der Waals surface area (Å²) in [5.41, 5.74) is 2.99. The highest BCUT2D eigenvalue weighted by atomic mass is 32.1. The van der Waals surface area contributed by atoms with Gasteiger partial charge in [-0.25, -0.2) is 0 Å². The minimum absolute atomic E-state index is 0.0438. The van der Waals surface area contributed by atoms with E-state index in [0.717, 1.165) is 24.2 Å².